The molecule has 28 heavy (non-hydrogen) atoms. The van der Waals surface area contributed by atoms with Crippen molar-refractivity contribution in [3.8, 4) is 0 Å². The van der Waals surface area contributed by atoms with Gasteiger partial charge in [-0.3, -0.25) is 13.9 Å². The zero-order valence-corrected chi connectivity index (χ0v) is 16.7. The lowest BCUT2D eigenvalue weighted by atomic mass is 10.0. The van der Waals surface area contributed by atoms with E-state index in [9.17, 15) is 9.59 Å². The van der Waals surface area contributed by atoms with Gasteiger partial charge in [-0.25, -0.2) is 9.78 Å². The smallest absolute Gasteiger partial charge is 0.316 e. The average Bonchev–Trinajstić information content (AvgIpc) is 3.06. The maximum atomic E-state index is 12.6. The second-order valence-corrected chi connectivity index (χ2v) is 7.72. The highest BCUT2D eigenvalue weighted by Crippen LogP contribution is 2.40. The third kappa shape index (κ3) is 2.97. The number of aromatic nitrogens is 4. The largest absolute Gasteiger partial charge is 0.332 e. The van der Waals surface area contributed by atoms with E-state index < -0.39 is 0 Å². The summed E-state index contributed by atoms with van der Waals surface area (Å²) in [6, 6.07) is 20.4. The van der Waals surface area contributed by atoms with E-state index in [0.29, 0.717) is 16.3 Å². The van der Waals surface area contributed by atoms with Crippen LogP contribution in [0.5, 0.6) is 0 Å². The van der Waals surface area contributed by atoms with Gasteiger partial charge in [-0.1, -0.05) is 72.4 Å². The Morgan fingerprint density at radius 1 is 0.786 bits per heavy atom. The molecule has 142 valence electrons. The van der Waals surface area contributed by atoms with Crippen molar-refractivity contribution in [3.63, 3.8) is 0 Å². The molecule has 0 saturated carbocycles. The van der Waals surface area contributed by atoms with Crippen LogP contribution in [0.15, 0.2) is 75.4 Å². The molecule has 0 N–H and O–H groups in total. The molecule has 4 rings (SSSR count). The van der Waals surface area contributed by atoms with Gasteiger partial charge in [0.15, 0.2) is 16.3 Å². The van der Waals surface area contributed by atoms with Gasteiger partial charge in [0.25, 0.3) is 5.56 Å². The van der Waals surface area contributed by atoms with E-state index in [1.54, 1.807) is 23.4 Å². The molecule has 6 nitrogen and oxygen atoms in total. The fraction of sp³-hybridized carbons (Fsp3) is 0.190. The maximum Gasteiger partial charge on any atom is 0.332 e. The standard InChI is InChI=1S/C21H20N4O2S/c1-23-16-18(24(2)21(27)25(3)19(16)26)22-20(23)28-17(14-10-6-4-7-11-14)15-12-8-5-9-13-15/h4-13,17H,1-3H3. The minimum atomic E-state index is -0.380. The molecular weight excluding hydrogens is 372 g/mol. The molecular formula is C21H20N4O2S. The lowest BCUT2D eigenvalue weighted by Crippen LogP contribution is -2.37. The molecule has 2 aromatic carbocycles. The van der Waals surface area contributed by atoms with Crippen LogP contribution in [0.2, 0.25) is 0 Å². The topological polar surface area (TPSA) is 61.8 Å². The van der Waals surface area contributed by atoms with Gasteiger partial charge in [-0.2, -0.15) is 0 Å². The molecule has 0 fully saturated rings. The summed E-state index contributed by atoms with van der Waals surface area (Å²) in [7, 11) is 4.94. The molecule has 0 aliphatic rings. The number of hydrogen-bond donors (Lipinski definition) is 0. The quantitative estimate of drug-likeness (QED) is 0.501. The first-order valence-electron chi connectivity index (χ1n) is 8.88. The summed E-state index contributed by atoms with van der Waals surface area (Å²) in [6.07, 6.45) is 0. The normalized spacial score (nSPS) is 11.4. The maximum absolute atomic E-state index is 12.6. The van der Waals surface area contributed by atoms with Crippen LogP contribution in [0, 0.1) is 0 Å². The minimum absolute atomic E-state index is 0.0128. The van der Waals surface area contributed by atoms with Crippen molar-refractivity contribution in [2.24, 2.45) is 21.1 Å². The zero-order chi connectivity index (χ0) is 19.8. The van der Waals surface area contributed by atoms with E-state index in [2.05, 4.69) is 29.2 Å². The number of aryl methyl sites for hydroxylation is 2. The van der Waals surface area contributed by atoms with Gasteiger partial charge in [0.2, 0.25) is 0 Å². The monoisotopic (exact) mass is 392 g/mol. The lowest BCUT2D eigenvalue weighted by Gasteiger charge is -2.17. The van der Waals surface area contributed by atoms with Crippen molar-refractivity contribution in [1.29, 1.82) is 0 Å². The van der Waals surface area contributed by atoms with E-state index in [1.807, 2.05) is 43.4 Å². The van der Waals surface area contributed by atoms with Crippen molar-refractivity contribution < 1.29 is 0 Å². The molecule has 7 heteroatoms. The Hall–Kier alpha value is -3.06. The van der Waals surface area contributed by atoms with E-state index in [-0.39, 0.29) is 16.5 Å². The number of nitrogens with zero attached hydrogens (tertiary/aromatic N) is 4. The Labute approximate surface area is 166 Å². The molecule has 2 aromatic heterocycles. The fourth-order valence-corrected chi connectivity index (χ4v) is 4.48. The predicted octanol–water partition coefficient (Wildman–Crippen LogP) is 2.85. The van der Waals surface area contributed by atoms with Crippen LogP contribution in [-0.4, -0.2) is 18.7 Å². The molecule has 0 saturated heterocycles. The molecule has 4 aromatic rings. The first-order chi connectivity index (χ1) is 13.5. The predicted molar refractivity (Wildman–Crippen MR) is 112 cm³/mol. The lowest BCUT2D eigenvalue weighted by molar-refractivity contribution is 0.705. The van der Waals surface area contributed by atoms with Crippen LogP contribution in [0.4, 0.5) is 0 Å². The van der Waals surface area contributed by atoms with Crippen molar-refractivity contribution in [3.05, 3.63) is 92.6 Å². The highest BCUT2D eigenvalue weighted by atomic mass is 32.2. The third-order valence-electron chi connectivity index (χ3n) is 4.86. The van der Waals surface area contributed by atoms with Crippen LogP contribution in [-0.2, 0) is 21.1 Å². The summed E-state index contributed by atoms with van der Waals surface area (Å²) in [4.78, 5) is 29.5. The summed E-state index contributed by atoms with van der Waals surface area (Å²) in [6.45, 7) is 0. The zero-order valence-electron chi connectivity index (χ0n) is 15.9. The first-order valence-corrected chi connectivity index (χ1v) is 9.76. The highest BCUT2D eigenvalue weighted by Gasteiger charge is 2.22. The summed E-state index contributed by atoms with van der Waals surface area (Å²) >= 11 is 1.56. The Morgan fingerprint density at radius 2 is 1.32 bits per heavy atom. The number of benzene rings is 2. The van der Waals surface area contributed by atoms with Crippen LogP contribution in [0.1, 0.15) is 16.4 Å². The van der Waals surface area contributed by atoms with Crippen LogP contribution in [0.25, 0.3) is 11.2 Å². The molecule has 0 bridgehead atoms. The first kappa shape index (κ1) is 18.3. The van der Waals surface area contributed by atoms with Crippen LogP contribution < -0.4 is 11.2 Å². The van der Waals surface area contributed by atoms with E-state index >= 15 is 0 Å². The van der Waals surface area contributed by atoms with Crippen LogP contribution in [0.3, 0.4) is 0 Å². The Kier molecular flexibility index (Phi) is 4.68. The van der Waals surface area contributed by atoms with Crippen molar-refractivity contribution in [2.75, 3.05) is 0 Å². The second kappa shape index (κ2) is 7.16. The molecule has 0 aliphatic carbocycles. The molecule has 0 aliphatic heterocycles. The van der Waals surface area contributed by atoms with Gasteiger partial charge in [0.05, 0.1) is 5.25 Å². The second-order valence-electron chi connectivity index (χ2n) is 6.65. The number of thioether (sulfide) groups is 1. The van der Waals surface area contributed by atoms with Crippen molar-refractivity contribution in [2.45, 2.75) is 10.4 Å². The van der Waals surface area contributed by atoms with E-state index in [0.717, 1.165) is 15.7 Å². The molecule has 0 amide bonds. The minimum Gasteiger partial charge on any atom is -0.316 e. The Bertz CT molecular complexity index is 1220. The molecule has 0 spiro atoms. The van der Waals surface area contributed by atoms with Gasteiger partial charge < -0.3 is 4.57 Å². The highest BCUT2D eigenvalue weighted by molar-refractivity contribution is 7.99. The number of rotatable bonds is 4. The van der Waals surface area contributed by atoms with Crippen molar-refractivity contribution in [1.82, 2.24) is 18.7 Å². The third-order valence-corrected chi connectivity index (χ3v) is 6.22. The van der Waals surface area contributed by atoms with Gasteiger partial charge in [-0.05, 0) is 11.1 Å². The molecule has 0 radical (unpaired) electrons. The Balaban J connectivity index is 1.88. The molecule has 0 atom stereocenters. The average molecular weight is 392 g/mol. The van der Waals surface area contributed by atoms with Gasteiger partial charge in [0, 0.05) is 21.1 Å². The summed E-state index contributed by atoms with van der Waals surface area (Å²) < 4.78 is 4.31. The van der Waals surface area contributed by atoms with Crippen LogP contribution >= 0.6 is 11.8 Å². The summed E-state index contributed by atoms with van der Waals surface area (Å²) in [5, 5.41) is 0.699. The molecule has 2 heterocycles. The Morgan fingerprint density at radius 3 is 1.86 bits per heavy atom. The van der Waals surface area contributed by atoms with Gasteiger partial charge >= 0.3 is 5.69 Å². The van der Waals surface area contributed by atoms with E-state index in [4.69, 9.17) is 0 Å². The van der Waals surface area contributed by atoms with Gasteiger partial charge in [-0.15, -0.1) is 0 Å². The summed E-state index contributed by atoms with van der Waals surface area (Å²) in [5.41, 5.74) is 2.40. The number of hydrogen-bond acceptors (Lipinski definition) is 4. The van der Waals surface area contributed by atoms with Gasteiger partial charge in [0.1, 0.15) is 0 Å². The number of imidazole rings is 1. The number of fused-ring (bicyclic) bond motifs is 1. The van der Waals surface area contributed by atoms with Crippen molar-refractivity contribution >= 4 is 22.9 Å². The SMILES string of the molecule is Cn1c(=O)c2c(nc(SC(c3ccccc3)c3ccccc3)n2C)n(C)c1=O. The summed E-state index contributed by atoms with van der Waals surface area (Å²) in [5.74, 6) is 0. The van der Waals surface area contributed by atoms with E-state index in [1.165, 1.54) is 11.6 Å². The molecule has 0 unspecified atom stereocenters. The fourth-order valence-electron chi connectivity index (χ4n) is 3.29.